The lowest BCUT2D eigenvalue weighted by Crippen LogP contribution is -2.59. The van der Waals surface area contributed by atoms with Crippen LogP contribution in [0.2, 0.25) is 0 Å². The Morgan fingerprint density at radius 3 is 2.29 bits per heavy atom. The van der Waals surface area contributed by atoms with Gasteiger partial charge in [0.25, 0.3) is 11.8 Å². The number of amides is 3. The number of likely N-dealkylation sites (N-methyl/N-ethyl adjacent to an activating group) is 1. The Bertz CT molecular complexity index is 2040. The monoisotopic (exact) mass is 683 g/mol. The summed E-state index contributed by atoms with van der Waals surface area (Å²) in [5, 5.41) is 8.62. The number of nitrogens with two attached hydrogens (primary N) is 1. The molecule has 49 heavy (non-hydrogen) atoms. The topological polar surface area (TPSA) is 164 Å². The maximum absolute atomic E-state index is 14.9. The van der Waals surface area contributed by atoms with Gasteiger partial charge in [0.15, 0.2) is 0 Å². The molecule has 0 saturated heterocycles. The van der Waals surface area contributed by atoms with Crippen LogP contribution < -0.4 is 5.73 Å². The van der Waals surface area contributed by atoms with Crippen molar-refractivity contribution in [3.63, 3.8) is 0 Å². The van der Waals surface area contributed by atoms with Gasteiger partial charge in [0.05, 0.1) is 23.8 Å². The van der Waals surface area contributed by atoms with Crippen molar-refractivity contribution >= 4 is 38.6 Å². The van der Waals surface area contributed by atoms with Crippen LogP contribution in [0.25, 0.3) is 16.6 Å². The Balaban J connectivity index is 1.59. The van der Waals surface area contributed by atoms with Gasteiger partial charge in [-0.25, -0.2) is 17.4 Å². The highest BCUT2D eigenvalue weighted by molar-refractivity contribution is 7.89. The van der Waals surface area contributed by atoms with Gasteiger partial charge in [0, 0.05) is 42.6 Å². The lowest BCUT2D eigenvalue weighted by Gasteiger charge is -2.35. The zero-order valence-electron chi connectivity index (χ0n) is 28.0. The minimum atomic E-state index is -4.38. The van der Waals surface area contributed by atoms with Gasteiger partial charge < -0.3 is 15.6 Å². The Kier molecular flexibility index (Phi) is 10.6. The fraction of sp³-hybridized carbons (Fsp3) is 0.306. The first kappa shape index (κ1) is 35.0. The lowest BCUT2D eigenvalue weighted by atomic mass is 10.00. The van der Waals surface area contributed by atoms with Crippen LogP contribution in [0.4, 0.5) is 0 Å². The number of fused-ring (bicyclic) bond motifs is 1. The molecule has 0 aliphatic heterocycles. The first-order chi connectivity index (χ1) is 23.4. The number of para-hydroxylation sites is 1. The summed E-state index contributed by atoms with van der Waals surface area (Å²) in [6.45, 7) is 5.57. The zero-order valence-corrected chi connectivity index (χ0v) is 28.9. The molecule has 0 bridgehead atoms. The van der Waals surface area contributed by atoms with Crippen LogP contribution in [-0.4, -0.2) is 80.2 Å². The van der Waals surface area contributed by atoms with E-state index < -0.39 is 39.8 Å². The molecule has 256 valence electrons. The summed E-state index contributed by atoms with van der Waals surface area (Å²) in [7, 11) is -2.90. The number of carbonyl (C=O) groups excluding carboxylic acids is 3. The number of benzene rings is 3. The van der Waals surface area contributed by atoms with Crippen molar-refractivity contribution in [1.82, 2.24) is 29.2 Å². The summed E-state index contributed by atoms with van der Waals surface area (Å²) >= 11 is 0. The Hall–Kier alpha value is -5.30. The minimum Gasteiger partial charge on any atom is -0.368 e. The molecule has 2 atom stereocenters. The number of H-pyrrole nitrogens is 1. The van der Waals surface area contributed by atoms with E-state index in [9.17, 15) is 22.8 Å². The second-order valence-corrected chi connectivity index (χ2v) is 14.3. The van der Waals surface area contributed by atoms with Crippen LogP contribution in [0.5, 0.6) is 0 Å². The normalized spacial score (nSPS) is 12.8. The van der Waals surface area contributed by atoms with Gasteiger partial charge in [-0.1, -0.05) is 66.1 Å². The number of aryl methyl sites for hydroxylation is 2. The second-order valence-electron chi connectivity index (χ2n) is 12.3. The van der Waals surface area contributed by atoms with E-state index >= 15 is 0 Å². The van der Waals surface area contributed by atoms with Crippen LogP contribution in [-0.2, 0) is 32.5 Å². The Morgan fingerprint density at radius 1 is 0.959 bits per heavy atom. The summed E-state index contributed by atoms with van der Waals surface area (Å²) in [6.07, 6.45) is 5.54. The van der Waals surface area contributed by atoms with E-state index in [1.54, 1.807) is 59.7 Å². The largest absolute Gasteiger partial charge is 0.368 e. The van der Waals surface area contributed by atoms with Gasteiger partial charge in [0.2, 0.25) is 15.9 Å². The highest BCUT2D eigenvalue weighted by atomic mass is 32.2. The number of primary amides is 1. The molecule has 0 aliphatic rings. The highest BCUT2D eigenvalue weighted by Crippen LogP contribution is 2.25. The van der Waals surface area contributed by atoms with Crippen LogP contribution >= 0.6 is 0 Å². The average Bonchev–Trinajstić information content (AvgIpc) is 3.76. The molecule has 0 unspecified atom stereocenters. The molecule has 3 amide bonds. The van der Waals surface area contributed by atoms with Crippen LogP contribution in [0, 0.1) is 13.8 Å². The van der Waals surface area contributed by atoms with Crippen LogP contribution in [0.15, 0.2) is 85.3 Å². The number of sulfonamides is 1. The maximum atomic E-state index is 14.9. The molecule has 2 heterocycles. The summed E-state index contributed by atoms with van der Waals surface area (Å²) in [6, 6.07) is 17.0. The minimum absolute atomic E-state index is 0.0398. The number of hydrogen-bond acceptors (Lipinski definition) is 7. The molecule has 0 saturated carbocycles. The number of aromatic nitrogens is 4. The molecular formula is C36H41N7O5S. The first-order valence-electron chi connectivity index (χ1n) is 16.1. The molecule has 0 radical (unpaired) electrons. The summed E-state index contributed by atoms with van der Waals surface area (Å²) in [5.74, 6) is -2.73. The summed E-state index contributed by atoms with van der Waals surface area (Å²) in [4.78, 5) is 46.5. The molecule has 2 aromatic heterocycles. The van der Waals surface area contributed by atoms with Crippen molar-refractivity contribution in [3.8, 4) is 5.69 Å². The van der Waals surface area contributed by atoms with Crippen molar-refractivity contribution in [2.24, 2.45) is 5.73 Å². The van der Waals surface area contributed by atoms with Crippen molar-refractivity contribution in [3.05, 3.63) is 113 Å². The molecule has 13 heteroatoms. The van der Waals surface area contributed by atoms with E-state index in [0.717, 1.165) is 27.7 Å². The van der Waals surface area contributed by atoms with E-state index in [0.29, 0.717) is 27.4 Å². The van der Waals surface area contributed by atoms with Crippen molar-refractivity contribution in [1.29, 1.82) is 0 Å². The van der Waals surface area contributed by atoms with Crippen molar-refractivity contribution in [2.45, 2.75) is 58.5 Å². The van der Waals surface area contributed by atoms with Crippen LogP contribution in [0.3, 0.4) is 0 Å². The standard InChI is InChI=1S/C36H41N7O5S/c1-5-6-17-49(47,48)43(32(34(37)44)22-28-23-38-31-10-8-7-9-30(28)31)36(46)33(41(4)35(45)27-19-24(2)18-25(3)20-27)21-26-11-13-29(14-12-26)42-16-15-39-40-42/h7-16,18-20,23,32-33,38H,5-6,17,21-22H2,1-4H3,(H2,37,44)/t32-,33-/m0/s1. The van der Waals surface area contributed by atoms with Gasteiger partial charge in [-0.3, -0.25) is 14.4 Å². The third kappa shape index (κ3) is 7.89. The molecular weight excluding hydrogens is 643 g/mol. The number of unbranched alkanes of at least 4 members (excludes halogenated alkanes) is 1. The van der Waals surface area contributed by atoms with E-state index in [4.69, 9.17) is 5.73 Å². The average molecular weight is 684 g/mol. The predicted octanol–water partition coefficient (Wildman–Crippen LogP) is 4.10. The van der Waals surface area contributed by atoms with E-state index in [2.05, 4.69) is 15.3 Å². The van der Waals surface area contributed by atoms with E-state index in [-0.39, 0.29) is 25.0 Å². The molecule has 0 aliphatic carbocycles. The third-order valence-electron chi connectivity index (χ3n) is 8.57. The number of carbonyl (C=O) groups is 3. The zero-order chi connectivity index (χ0) is 35.3. The van der Waals surface area contributed by atoms with Crippen molar-refractivity contribution in [2.75, 3.05) is 12.8 Å². The number of nitrogens with one attached hydrogen (secondary N) is 1. The third-order valence-corrected chi connectivity index (χ3v) is 10.4. The van der Waals surface area contributed by atoms with Gasteiger partial charge in [0.1, 0.15) is 12.1 Å². The maximum Gasteiger partial charge on any atom is 0.259 e. The molecule has 3 N–H and O–H groups in total. The fourth-order valence-corrected chi connectivity index (χ4v) is 7.86. The molecule has 0 fully saturated rings. The molecule has 5 rings (SSSR count). The number of aromatic amines is 1. The fourth-order valence-electron chi connectivity index (χ4n) is 6.05. The smallest absolute Gasteiger partial charge is 0.259 e. The van der Waals surface area contributed by atoms with Gasteiger partial charge in [-0.05, 0) is 61.7 Å². The SMILES string of the molecule is CCCCS(=O)(=O)N(C(=O)[C@H](Cc1ccc(-n2ccnn2)cc1)N(C)C(=O)c1cc(C)cc(C)c1)[C@@H](Cc1c[nH]c2ccccc12)C(N)=O. The molecule has 5 aromatic rings. The second kappa shape index (κ2) is 14.9. The van der Waals surface area contributed by atoms with Gasteiger partial charge >= 0.3 is 0 Å². The predicted molar refractivity (Wildman–Crippen MR) is 187 cm³/mol. The van der Waals surface area contributed by atoms with Gasteiger partial charge in [-0.2, -0.15) is 0 Å². The summed E-state index contributed by atoms with van der Waals surface area (Å²) < 4.78 is 30.5. The number of hydrogen-bond donors (Lipinski definition) is 2. The van der Waals surface area contributed by atoms with Crippen LogP contribution in [0.1, 0.15) is 52.4 Å². The molecule has 12 nitrogen and oxygen atoms in total. The van der Waals surface area contributed by atoms with Crippen molar-refractivity contribution < 1.29 is 22.8 Å². The number of rotatable bonds is 14. The molecule has 0 spiro atoms. The quantitative estimate of drug-likeness (QED) is 0.178. The van der Waals surface area contributed by atoms with E-state index in [1.165, 1.54) is 11.9 Å². The van der Waals surface area contributed by atoms with E-state index in [1.807, 2.05) is 51.1 Å². The van der Waals surface area contributed by atoms with Gasteiger partial charge in [-0.15, -0.1) is 5.10 Å². The number of nitrogens with zero attached hydrogens (tertiary/aromatic N) is 5. The Morgan fingerprint density at radius 2 is 1.65 bits per heavy atom. The highest BCUT2D eigenvalue weighted by Gasteiger charge is 2.43. The first-order valence-corrected chi connectivity index (χ1v) is 17.7. The summed E-state index contributed by atoms with van der Waals surface area (Å²) in [5.41, 5.74) is 10.8. The molecule has 3 aromatic carbocycles. The Labute approximate surface area is 286 Å². The lowest BCUT2D eigenvalue weighted by molar-refractivity contribution is -0.137.